The lowest BCUT2D eigenvalue weighted by Crippen LogP contribution is -2.28. The van der Waals surface area contributed by atoms with Gasteiger partial charge in [-0.3, -0.25) is 9.44 Å². The summed E-state index contributed by atoms with van der Waals surface area (Å²) < 4.78 is 64.4. The number of rotatable bonds is 7. The van der Waals surface area contributed by atoms with E-state index in [1.807, 2.05) is 0 Å². The Labute approximate surface area is 267 Å². The maximum atomic E-state index is 12.3. The Morgan fingerprint density at radius 1 is 0.733 bits per heavy atom. The van der Waals surface area contributed by atoms with Crippen molar-refractivity contribution in [2.24, 2.45) is 5.73 Å². The largest absolute Gasteiger partial charge is 0.491 e. The fourth-order valence-electron chi connectivity index (χ4n) is 4.49. The zero-order valence-corrected chi connectivity index (χ0v) is 25.9. The maximum Gasteiger partial charge on any atom is 0.491 e. The third kappa shape index (κ3) is 7.85. The van der Waals surface area contributed by atoms with Gasteiger partial charge in [0.05, 0.1) is 29.6 Å². The summed E-state index contributed by atoms with van der Waals surface area (Å²) >= 11 is 0. The average molecular weight is 669 g/mol. The molecule has 0 saturated carbocycles. The first-order valence-electron chi connectivity index (χ1n) is 13.2. The lowest BCUT2D eigenvalue weighted by molar-refractivity contribution is 0.275. The summed E-state index contributed by atoms with van der Waals surface area (Å²) in [7, 11) is -9.48. The van der Waals surface area contributed by atoms with Crippen molar-refractivity contribution >= 4 is 74.7 Å². The summed E-state index contributed by atoms with van der Waals surface area (Å²) in [5.74, 6) is 0. The van der Waals surface area contributed by atoms with Crippen LogP contribution in [0.15, 0.2) is 94.7 Å². The summed E-state index contributed by atoms with van der Waals surface area (Å²) in [4.78, 5) is 3.44. The van der Waals surface area contributed by atoms with Crippen molar-refractivity contribution in [2.75, 3.05) is 9.44 Å². The molecule has 0 spiro atoms. The molecule has 4 aromatic carbocycles. The lowest BCUT2D eigenvalue weighted by atomic mass is 9.79. The molecule has 12 nitrogen and oxygen atoms in total. The average Bonchev–Trinajstić information content (AvgIpc) is 3.58. The standard InChI is InChI=1S/C14H15BN2O4S.C14H11BN2O4S.ClH/c16-8-10-1-5-13(6-2-10)22(19,20)17-12-4-3-11-9-21-15(18)14(11)7-12;1-16-11-4-6-13(7-5-11)22(19,20)17-12-3-2-10-9-21-15(18)14(10)8-12;/h1-7,17-18H,8-9,16H2;2-8,17-18H,9H2;1H. The molecule has 0 unspecified atom stereocenters. The topological polar surface area (TPSA) is 182 Å². The molecule has 17 heteroatoms. The molecule has 0 aromatic heterocycles. The van der Waals surface area contributed by atoms with Crippen LogP contribution in [0.3, 0.4) is 0 Å². The van der Waals surface area contributed by atoms with Crippen LogP contribution in [0, 0.1) is 6.57 Å². The SMILES string of the molecule is Cl.NCc1ccc(S(=O)(=O)Nc2ccc3c(c2)B(O)OC3)cc1.[C-]#[N+]c1ccc(S(=O)(=O)Nc2ccc3c(c2)B(O)OC3)cc1. The third-order valence-corrected chi connectivity index (χ3v) is 9.66. The highest BCUT2D eigenvalue weighted by Gasteiger charge is 2.29. The van der Waals surface area contributed by atoms with Crippen LogP contribution in [0.4, 0.5) is 17.1 Å². The Bertz CT molecular complexity index is 1940. The van der Waals surface area contributed by atoms with E-state index in [4.69, 9.17) is 21.6 Å². The van der Waals surface area contributed by atoms with E-state index in [9.17, 15) is 26.9 Å². The van der Waals surface area contributed by atoms with Gasteiger partial charge in [-0.2, -0.15) is 0 Å². The van der Waals surface area contributed by atoms with Crippen molar-refractivity contribution in [1.29, 1.82) is 0 Å². The summed E-state index contributed by atoms with van der Waals surface area (Å²) in [6.07, 6.45) is 0. The number of fused-ring (bicyclic) bond motifs is 2. The fraction of sp³-hybridized carbons (Fsp3) is 0.107. The number of nitrogens with zero attached hydrogens (tertiary/aromatic N) is 1. The van der Waals surface area contributed by atoms with Crippen molar-refractivity contribution < 1.29 is 36.2 Å². The number of nitrogens with one attached hydrogen (secondary N) is 2. The van der Waals surface area contributed by atoms with Crippen LogP contribution >= 0.6 is 12.4 Å². The number of hydrogen-bond acceptors (Lipinski definition) is 9. The number of benzene rings is 4. The predicted molar refractivity (Wildman–Crippen MR) is 174 cm³/mol. The van der Waals surface area contributed by atoms with E-state index in [1.54, 1.807) is 48.5 Å². The van der Waals surface area contributed by atoms with E-state index in [-0.39, 0.29) is 22.2 Å². The van der Waals surface area contributed by atoms with Crippen molar-refractivity contribution in [3.8, 4) is 0 Å². The predicted octanol–water partition coefficient (Wildman–Crippen LogP) is 1.84. The molecule has 4 aromatic rings. The summed E-state index contributed by atoms with van der Waals surface area (Å²) in [5.41, 5.74) is 10.3. The van der Waals surface area contributed by atoms with Gasteiger partial charge in [-0.25, -0.2) is 21.7 Å². The molecule has 2 heterocycles. The van der Waals surface area contributed by atoms with Crippen molar-refractivity contribution in [3.63, 3.8) is 0 Å². The van der Waals surface area contributed by atoms with Gasteiger partial charge < -0.3 is 25.1 Å². The van der Waals surface area contributed by atoms with Gasteiger partial charge in [0.15, 0.2) is 5.69 Å². The first kappa shape index (κ1) is 34.0. The molecule has 0 fully saturated rings. The minimum absolute atomic E-state index is 0. The number of halogens is 1. The van der Waals surface area contributed by atoms with Gasteiger partial charge in [0.2, 0.25) is 0 Å². The van der Waals surface area contributed by atoms with Crippen LogP contribution in [-0.2, 0) is 49.1 Å². The molecule has 6 rings (SSSR count). The van der Waals surface area contributed by atoms with Crippen LogP contribution in [0.25, 0.3) is 4.85 Å². The zero-order chi connectivity index (χ0) is 31.5. The Kier molecular flexibility index (Phi) is 10.6. The molecular formula is C28H27B2ClN4O8S2. The highest BCUT2D eigenvalue weighted by molar-refractivity contribution is 7.93. The van der Waals surface area contributed by atoms with Crippen LogP contribution in [-0.4, -0.2) is 41.1 Å². The number of nitrogens with two attached hydrogens (primary N) is 1. The molecular weight excluding hydrogens is 642 g/mol. The Balaban J connectivity index is 0.000000200. The molecule has 0 amide bonds. The van der Waals surface area contributed by atoms with Crippen molar-refractivity contribution in [2.45, 2.75) is 29.5 Å². The number of anilines is 2. The second kappa shape index (κ2) is 14.0. The maximum absolute atomic E-state index is 12.3. The normalized spacial score (nSPS) is 13.5. The second-order valence-electron chi connectivity index (χ2n) is 9.82. The molecule has 0 atom stereocenters. The summed E-state index contributed by atoms with van der Waals surface area (Å²) in [6.45, 7) is 7.85. The molecule has 0 saturated heterocycles. The zero-order valence-electron chi connectivity index (χ0n) is 23.5. The Hall–Kier alpha value is -3.91. The number of hydrogen-bond donors (Lipinski definition) is 5. The molecule has 0 radical (unpaired) electrons. The van der Waals surface area contributed by atoms with Gasteiger partial charge in [0, 0.05) is 17.9 Å². The molecule has 232 valence electrons. The van der Waals surface area contributed by atoms with Crippen molar-refractivity contribution in [1.82, 2.24) is 0 Å². The van der Waals surface area contributed by atoms with Crippen LogP contribution < -0.4 is 26.1 Å². The monoisotopic (exact) mass is 668 g/mol. The van der Waals surface area contributed by atoms with Gasteiger partial charge >= 0.3 is 14.2 Å². The highest BCUT2D eigenvalue weighted by atomic mass is 35.5. The lowest BCUT2D eigenvalue weighted by Gasteiger charge is -2.10. The van der Waals surface area contributed by atoms with Crippen LogP contribution in [0.2, 0.25) is 0 Å². The van der Waals surface area contributed by atoms with E-state index in [1.165, 1.54) is 36.4 Å². The molecule has 6 N–H and O–H groups in total. The Morgan fingerprint density at radius 3 is 1.56 bits per heavy atom. The van der Waals surface area contributed by atoms with E-state index < -0.39 is 34.3 Å². The Morgan fingerprint density at radius 2 is 1.16 bits per heavy atom. The minimum atomic E-state index is -3.75. The summed E-state index contributed by atoms with van der Waals surface area (Å²) in [6, 6.07) is 21.9. The minimum Gasteiger partial charge on any atom is -0.423 e. The molecule has 2 aliphatic heterocycles. The van der Waals surface area contributed by atoms with Gasteiger partial charge in [-0.1, -0.05) is 48.5 Å². The van der Waals surface area contributed by atoms with Gasteiger partial charge in [0.25, 0.3) is 20.0 Å². The van der Waals surface area contributed by atoms with E-state index in [2.05, 4.69) is 14.3 Å². The van der Waals surface area contributed by atoms with Gasteiger partial charge in [0.1, 0.15) is 0 Å². The van der Waals surface area contributed by atoms with Crippen molar-refractivity contribution in [3.05, 3.63) is 113 Å². The van der Waals surface area contributed by atoms with E-state index >= 15 is 0 Å². The van der Waals surface area contributed by atoms with Crippen LogP contribution in [0.5, 0.6) is 0 Å². The summed E-state index contributed by atoms with van der Waals surface area (Å²) in [5, 5.41) is 19.3. The van der Waals surface area contributed by atoms with Crippen LogP contribution in [0.1, 0.15) is 16.7 Å². The number of sulfonamides is 2. The molecule has 45 heavy (non-hydrogen) atoms. The van der Waals surface area contributed by atoms with E-state index in [0.717, 1.165) is 16.7 Å². The molecule has 0 bridgehead atoms. The molecule has 0 aliphatic carbocycles. The third-order valence-electron chi connectivity index (χ3n) is 6.87. The highest BCUT2D eigenvalue weighted by Crippen LogP contribution is 2.22. The van der Waals surface area contributed by atoms with Gasteiger partial charge in [-0.15, -0.1) is 12.4 Å². The molecule has 2 aliphatic rings. The fourth-order valence-corrected chi connectivity index (χ4v) is 6.59. The quantitative estimate of drug-likeness (QED) is 0.145. The first-order valence-corrected chi connectivity index (χ1v) is 16.1. The second-order valence-corrected chi connectivity index (χ2v) is 13.2. The van der Waals surface area contributed by atoms with E-state index in [0.29, 0.717) is 47.7 Å². The smallest absolute Gasteiger partial charge is 0.423 e. The van der Waals surface area contributed by atoms with Gasteiger partial charge in [-0.05, 0) is 64.0 Å². The first-order chi connectivity index (χ1) is 21.0.